The lowest BCUT2D eigenvalue weighted by Crippen LogP contribution is -2.40. The van der Waals surface area contributed by atoms with Gasteiger partial charge in [-0.05, 0) is 44.5 Å². The minimum absolute atomic E-state index is 0.0794. The molecule has 0 aliphatic carbocycles. The molecular weight excluding hydrogens is 273 g/mol. The number of nitrogens with one attached hydrogen (secondary N) is 1. The lowest BCUT2D eigenvalue weighted by molar-refractivity contribution is -0.136. The third-order valence-corrected chi connectivity index (χ3v) is 3.95. The third kappa shape index (κ3) is 4.60. The summed E-state index contributed by atoms with van der Waals surface area (Å²) in [5, 5.41) is 8.74. The van der Waals surface area contributed by atoms with Crippen molar-refractivity contribution in [3.05, 3.63) is 29.6 Å². The summed E-state index contributed by atoms with van der Waals surface area (Å²) >= 11 is 0. The molecule has 0 fully saturated rings. The molecule has 0 heterocycles. The fourth-order valence-corrected chi connectivity index (χ4v) is 3.21. The van der Waals surface area contributed by atoms with Gasteiger partial charge in [0.15, 0.2) is 0 Å². The predicted molar refractivity (Wildman–Crippen MR) is 67.8 cm³/mol. The summed E-state index contributed by atoms with van der Waals surface area (Å²) < 4.78 is 39.8. The van der Waals surface area contributed by atoms with Crippen molar-refractivity contribution in [3.8, 4) is 0 Å². The van der Waals surface area contributed by atoms with Gasteiger partial charge in [0.2, 0.25) is 10.0 Å². The number of rotatable bonds is 4. The second-order valence-corrected chi connectivity index (χ2v) is 6.83. The standard InChI is InChI=1S/C12H16FNO4S/c1-12(2,3)14-19(17,18)10-5-4-9(13)6-8(10)7-11(15)16/h4-6,14H,7H2,1-3H3,(H,15,16). The fourth-order valence-electron chi connectivity index (χ4n) is 1.57. The summed E-state index contributed by atoms with van der Waals surface area (Å²) in [7, 11) is -3.89. The minimum atomic E-state index is -3.89. The number of halogens is 1. The molecule has 0 radical (unpaired) electrons. The maximum atomic E-state index is 13.1. The first kappa shape index (κ1) is 15.6. The van der Waals surface area contributed by atoms with E-state index in [0.717, 1.165) is 18.2 Å². The highest BCUT2D eigenvalue weighted by molar-refractivity contribution is 7.89. The number of carboxylic acids is 1. The Morgan fingerprint density at radius 2 is 1.95 bits per heavy atom. The Morgan fingerprint density at radius 1 is 1.37 bits per heavy atom. The minimum Gasteiger partial charge on any atom is -0.481 e. The van der Waals surface area contributed by atoms with Crippen molar-refractivity contribution in [2.45, 2.75) is 37.6 Å². The predicted octanol–water partition coefficient (Wildman–Crippen LogP) is 1.53. The first-order chi connectivity index (χ1) is 8.51. The number of hydrogen-bond donors (Lipinski definition) is 2. The van der Waals surface area contributed by atoms with Crippen molar-refractivity contribution >= 4 is 16.0 Å². The van der Waals surface area contributed by atoms with Crippen LogP contribution in [0.2, 0.25) is 0 Å². The molecule has 0 spiro atoms. The second kappa shape index (κ2) is 5.26. The lowest BCUT2D eigenvalue weighted by Gasteiger charge is -2.21. The molecule has 0 saturated carbocycles. The van der Waals surface area contributed by atoms with Crippen LogP contribution < -0.4 is 4.72 Å². The van der Waals surface area contributed by atoms with Gasteiger partial charge in [0.05, 0.1) is 11.3 Å². The SMILES string of the molecule is CC(C)(C)NS(=O)(=O)c1ccc(F)cc1CC(=O)O. The van der Waals surface area contributed by atoms with E-state index < -0.39 is 33.8 Å². The molecule has 0 saturated heterocycles. The molecule has 0 aliphatic heterocycles. The largest absolute Gasteiger partial charge is 0.481 e. The maximum absolute atomic E-state index is 13.1. The van der Waals surface area contributed by atoms with Crippen LogP contribution in [0.3, 0.4) is 0 Å². The van der Waals surface area contributed by atoms with E-state index in [-0.39, 0.29) is 10.5 Å². The molecule has 0 aromatic heterocycles. The van der Waals surface area contributed by atoms with Crippen LogP contribution in [-0.2, 0) is 21.2 Å². The molecular formula is C12H16FNO4S. The maximum Gasteiger partial charge on any atom is 0.307 e. The van der Waals surface area contributed by atoms with E-state index >= 15 is 0 Å². The van der Waals surface area contributed by atoms with Gasteiger partial charge in [-0.1, -0.05) is 0 Å². The molecule has 1 aromatic rings. The van der Waals surface area contributed by atoms with Gasteiger partial charge in [-0.15, -0.1) is 0 Å². The van der Waals surface area contributed by atoms with Crippen LogP contribution in [0, 0.1) is 5.82 Å². The van der Waals surface area contributed by atoms with Crippen molar-refractivity contribution in [2.75, 3.05) is 0 Å². The van der Waals surface area contributed by atoms with Gasteiger partial charge in [-0.2, -0.15) is 0 Å². The zero-order valence-corrected chi connectivity index (χ0v) is 11.7. The van der Waals surface area contributed by atoms with Crippen LogP contribution in [0.4, 0.5) is 4.39 Å². The molecule has 19 heavy (non-hydrogen) atoms. The van der Waals surface area contributed by atoms with E-state index in [2.05, 4.69) is 4.72 Å². The van der Waals surface area contributed by atoms with Crippen molar-refractivity contribution < 1.29 is 22.7 Å². The Hall–Kier alpha value is -1.47. The van der Waals surface area contributed by atoms with Gasteiger partial charge in [-0.3, -0.25) is 4.79 Å². The number of carbonyl (C=O) groups is 1. The normalized spacial score (nSPS) is 12.4. The smallest absolute Gasteiger partial charge is 0.307 e. The van der Waals surface area contributed by atoms with Crippen molar-refractivity contribution in [1.82, 2.24) is 4.72 Å². The van der Waals surface area contributed by atoms with E-state index in [4.69, 9.17) is 5.11 Å². The van der Waals surface area contributed by atoms with Gasteiger partial charge >= 0.3 is 5.97 Å². The van der Waals surface area contributed by atoms with E-state index in [1.54, 1.807) is 20.8 Å². The Bertz CT molecular complexity index is 590. The Kier molecular flexibility index (Phi) is 4.32. The lowest BCUT2D eigenvalue weighted by atomic mass is 10.1. The van der Waals surface area contributed by atoms with E-state index in [1.807, 2.05) is 0 Å². The number of sulfonamides is 1. The van der Waals surface area contributed by atoms with Crippen LogP contribution in [0.15, 0.2) is 23.1 Å². The van der Waals surface area contributed by atoms with E-state index in [9.17, 15) is 17.6 Å². The molecule has 1 aromatic carbocycles. The zero-order chi connectivity index (χ0) is 14.8. The second-order valence-electron chi connectivity index (χ2n) is 5.18. The Balaban J connectivity index is 3.30. The molecule has 106 valence electrons. The van der Waals surface area contributed by atoms with E-state index in [1.165, 1.54) is 0 Å². The Labute approximate surface area is 111 Å². The number of benzene rings is 1. The molecule has 0 unspecified atom stereocenters. The summed E-state index contributed by atoms with van der Waals surface area (Å²) in [6.45, 7) is 4.97. The van der Waals surface area contributed by atoms with Crippen molar-refractivity contribution in [3.63, 3.8) is 0 Å². The van der Waals surface area contributed by atoms with Crippen LogP contribution in [0.1, 0.15) is 26.3 Å². The summed E-state index contributed by atoms with van der Waals surface area (Å²) in [4.78, 5) is 10.5. The topological polar surface area (TPSA) is 83.5 Å². The highest BCUT2D eigenvalue weighted by Gasteiger charge is 2.25. The molecule has 0 aliphatic rings. The molecule has 0 bridgehead atoms. The number of carboxylic acid groups (broad SMARTS) is 1. The quantitative estimate of drug-likeness (QED) is 0.880. The molecule has 2 N–H and O–H groups in total. The number of hydrogen-bond acceptors (Lipinski definition) is 3. The van der Waals surface area contributed by atoms with Crippen LogP contribution in [-0.4, -0.2) is 25.0 Å². The highest BCUT2D eigenvalue weighted by atomic mass is 32.2. The number of aliphatic carboxylic acids is 1. The summed E-state index contributed by atoms with van der Waals surface area (Å²) in [5.41, 5.74) is -0.794. The molecule has 1 rings (SSSR count). The monoisotopic (exact) mass is 289 g/mol. The van der Waals surface area contributed by atoms with Crippen LogP contribution >= 0.6 is 0 Å². The third-order valence-electron chi connectivity index (χ3n) is 2.09. The first-order valence-electron chi connectivity index (χ1n) is 5.55. The fraction of sp³-hybridized carbons (Fsp3) is 0.417. The molecule has 7 heteroatoms. The molecule has 0 atom stereocenters. The van der Waals surface area contributed by atoms with Gasteiger partial charge in [0, 0.05) is 5.54 Å². The summed E-state index contributed by atoms with van der Waals surface area (Å²) in [5.74, 6) is -1.90. The molecule has 5 nitrogen and oxygen atoms in total. The van der Waals surface area contributed by atoms with E-state index in [0.29, 0.717) is 0 Å². The summed E-state index contributed by atoms with van der Waals surface area (Å²) in [6, 6.07) is 2.98. The van der Waals surface area contributed by atoms with Gasteiger partial charge in [-0.25, -0.2) is 17.5 Å². The van der Waals surface area contributed by atoms with Crippen molar-refractivity contribution in [2.24, 2.45) is 0 Å². The molecule has 0 amide bonds. The zero-order valence-electron chi connectivity index (χ0n) is 10.9. The van der Waals surface area contributed by atoms with Crippen molar-refractivity contribution in [1.29, 1.82) is 0 Å². The van der Waals surface area contributed by atoms with Gasteiger partial charge < -0.3 is 5.11 Å². The Morgan fingerprint density at radius 3 is 2.42 bits per heavy atom. The average Bonchev–Trinajstić information content (AvgIpc) is 2.11. The van der Waals surface area contributed by atoms with Gasteiger partial charge in [0.25, 0.3) is 0 Å². The van der Waals surface area contributed by atoms with Crippen LogP contribution in [0.25, 0.3) is 0 Å². The van der Waals surface area contributed by atoms with Gasteiger partial charge in [0.1, 0.15) is 5.82 Å². The first-order valence-corrected chi connectivity index (χ1v) is 7.04. The van der Waals surface area contributed by atoms with Crippen LogP contribution in [0.5, 0.6) is 0 Å². The summed E-state index contributed by atoms with van der Waals surface area (Å²) in [6.07, 6.45) is -0.557. The average molecular weight is 289 g/mol. The highest BCUT2D eigenvalue weighted by Crippen LogP contribution is 2.19.